The summed E-state index contributed by atoms with van der Waals surface area (Å²) >= 11 is 0. The molecule has 0 saturated carbocycles. The van der Waals surface area contributed by atoms with Crippen molar-refractivity contribution in [1.82, 2.24) is 14.5 Å². The number of aromatic nitrogens is 2. The fourth-order valence-electron chi connectivity index (χ4n) is 2.13. The third kappa shape index (κ3) is 2.36. The van der Waals surface area contributed by atoms with E-state index in [9.17, 15) is 4.79 Å². The number of fused-ring (bicyclic) bond motifs is 1. The molecular formula is C13H17N3O2. The highest BCUT2D eigenvalue weighted by Crippen LogP contribution is 2.19. The molecule has 0 bridgehead atoms. The van der Waals surface area contributed by atoms with Crippen LogP contribution in [0.3, 0.4) is 0 Å². The lowest BCUT2D eigenvalue weighted by molar-refractivity contribution is 0.0697. The Morgan fingerprint density at radius 1 is 1.50 bits per heavy atom. The standard InChI is InChI=1S/C13H17N3O2/c1-9(7-15(2)3)16-8-14-11-6-10(13(17)18)4-5-12(11)16/h4-6,8-9H,7H2,1-3H3,(H,17,18). The normalized spacial score (nSPS) is 13.1. The Morgan fingerprint density at radius 2 is 2.22 bits per heavy atom. The van der Waals surface area contributed by atoms with Crippen molar-refractivity contribution in [2.45, 2.75) is 13.0 Å². The molecule has 1 aromatic carbocycles. The number of likely N-dealkylation sites (N-methyl/N-ethyl adjacent to an activating group) is 1. The maximum atomic E-state index is 10.9. The molecule has 0 fully saturated rings. The quantitative estimate of drug-likeness (QED) is 0.895. The van der Waals surface area contributed by atoms with Crippen molar-refractivity contribution in [1.29, 1.82) is 0 Å². The van der Waals surface area contributed by atoms with Crippen LogP contribution >= 0.6 is 0 Å². The molecule has 1 atom stereocenters. The zero-order valence-corrected chi connectivity index (χ0v) is 10.8. The summed E-state index contributed by atoms with van der Waals surface area (Å²) in [6.07, 6.45) is 1.77. The first-order chi connectivity index (χ1) is 8.49. The lowest BCUT2D eigenvalue weighted by atomic mass is 10.2. The van der Waals surface area contributed by atoms with Crippen LogP contribution in [0.4, 0.5) is 0 Å². The van der Waals surface area contributed by atoms with Crippen molar-refractivity contribution in [3.8, 4) is 0 Å². The van der Waals surface area contributed by atoms with Crippen LogP contribution in [0.25, 0.3) is 11.0 Å². The van der Waals surface area contributed by atoms with Crippen LogP contribution in [0.5, 0.6) is 0 Å². The number of rotatable bonds is 4. The Hall–Kier alpha value is -1.88. The molecule has 0 amide bonds. The molecule has 1 unspecified atom stereocenters. The van der Waals surface area contributed by atoms with Crippen LogP contribution in [0, 0.1) is 0 Å². The summed E-state index contributed by atoms with van der Waals surface area (Å²) in [4.78, 5) is 17.3. The molecule has 0 saturated heterocycles. The van der Waals surface area contributed by atoms with E-state index in [2.05, 4.69) is 21.4 Å². The van der Waals surface area contributed by atoms with E-state index in [-0.39, 0.29) is 5.56 Å². The van der Waals surface area contributed by atoms with E-state index >= 15 is 0 Å². The molecule has 2 rings (SSSR count). The Labute approximate surface area is 106 Å². The smallest absolute Gasteiger partial charge is 0.335 e. The molecule has 1 N–H and O–H groups in total. The predicted molar refractivity (Wildman–Crippen MR) is 70.0 cm³/mol. The van der Waals surface area contributed by atoms with Crippen LogP contribution in [0.2, 0.25) is 0 Å². The topological polar surface area (TPSA) is 58.4 Å². The molecule has 0 spiro atoms. The molecule has 1 aromatic heterocycles. The number of benzene rings is 1. The Balaban J connectivity index is 2.39. The predicted octanol–water partition coefficient (Wildman–Crippen LogP) is 1.86. The van der Waals surface area contributed by atoms with Gasteiger partial charge in [-0.05, 0) is 39.2 Å². The van der Waals surface area contributed by atoms with Crippen molar-refractivity contribution in [3.05, 3.63) is 30.1 Å². The van der Waals surface area contributed by atoms with Gasteiger partial charge < -0.3 is 14.6 Å². The second kappa shape index (κ2) is 4.78. The number of hydrogen-bond acceptors (Lipinski definition) is 3. The third-order valence-corrected chi connectivity index (χ3v) is 2.93. The van der Waals surface area contributed by atoms with Crippen LogP contribution < -0.4 is 0 Å². The molecule has 5 nitrogen and oxygen atoms in total. The molecular weight excluding hydrogens is 230 g/mol. The van der Waals surface area contributed by atoms with E-state index in [1.807, 2.05) is 20.2 Å². The minimum Gasteiger partial charge on any atom is -0.478 e. The molecule has 0 aliphatic carbocycles. The fraction of sp³-hybridized carbons (Fsp3) is 0.385. The highest BCUT2D eigenvalue weighted by molar-refractivity contribution is 5.92. The first-order valence-electron chi connectivity index (χ1n) is 5.83. The van der Waals surface area contributed by atoms with Gasteiger partial charge in [-0.25, -0.2) is 9.78 Å². The van der Waals surface area contributed by atoms with Gasteiger partial charge in [0, 0.05) is 12.6 Å². The summed E-state index contributed by atoms with van der Waals surface area (Å²) in [5.41, 5.74) is 1.96. The van der Waals surface area contributed by atoms with Gasteiger partial charge in [0.25, 0.3) is 0 Å². The second-order valence-corrected chi connectivity index (χ2v) is 4.77. The Bertz CT molecular complexity index is 575. The monoisotopic (exact) mass is 247 g/mol. The molecule has 18 heavy (non-hydrogen) atoms. The van der Waals surface area contributed by atoms with Crippen molar-refractivity contribution in [3.63, 3.8) is 0 Å². The van der Waals surface area contributed by atoms with E-state index in [4.69, 9.17) is 5.11 Å². The summed E-state index contributed by atoms with van der Waals surface area (Å²) in [7, 11) is 4.05. The van der Waals surface area contributed by atoms with E-state index in [1.165, 1.54) is 0 Å². The highest BCUT2D eigenvalue weighted by atomic mass is 16.4. The number of nitrogens with zero attached hydrogens (tertiary/aromatic N) is 3. The summed E-state index contributed by atoms with van der Waals surface area (Å²) < 4.78 is 2.07. The molecule has 2 aromatic rings. The van der Waals surface area contributed by atoms with E-state index < -0.39 is 5.97 Å². The molecule has 96 valence electrons. The maximum absolute atomic E-state index is 10.9. The number of hydrogen-bond donors (Lipinski definition) is 1. The summed E-state index contributed by atoms with van der Waals surface area (Å²) in [5.74, 6) is -0.923. The molecule has 1 heterocycles. The summed E-state index contributed by atoms with van der Waals surface area (Å²) in [6, 6.07) is 5.33. The van der Waals surface area contributed by atoms with Crippen LogP contribution in [0.15, 0.2) is 24.5 Å². The largest absolute Gasteiger partial charge is 0.478 e. The van der Waals surface area contributed by atoms with Gasteiger partial charge in [-0.15, -0.1) is 0 Å². The molecule has 0 radical (unpaired) electrons. The Kier molecular flexibility index (Phi) is 3.34. The van der Waals surface area contributed by atoms with Crippen molar-refractivity contribution in [2.75, 3.05) is 20.6 Å². The number of imidazole rings is 1. The summed E-state index contributed by atoms with van der Waals surface area (Å²) in [5, 5.41) is 8.94. The van der Waals surface area contributed by atoms with Gasteiger partial charge in [-0.3, -0.25) is 0 Å². The minimum absolute atomic E-state index is 0.271. The minimum atomic E-state index is -0.923. The van der Waals surface area contributed by atoms with E-state index in [0.29, 0.717) is 6.04 Å². The third-order valence-electron chi connectivity index (χ3n) is 2.93. The number of carboxylic acids is 1. The van der Waals surface area contributed by atoms with Crippen LogP contribution in [0.1, 0.15) is 23.3 Å². The van der Waals surface area contributed by atoms with Crippen LogP contribution in [-0.4, -0.2) is 46.2 Å². The molecule has 0 aliphatic heterocycles. The zero-order valence-electron chi connectivity index (χ0n) is 10.8. The second-order valence-electron chi connectivity index (χ2n) is 4.77. The SMILES string of the molecule is CC(CN(C)C)n1cnc2cc(C(=O)O)ccc21. The fourth-order valence-corrected chi connectivity index (χ4v) is 2.13. The lowest BCUT2D eigenvalue weighted by Crippen LogP contribution is -2.22. The first-order valence-corrected chi connectivity index (χ1v) is 5.83. The first kappa shape index (κ1) is 12.6. The molecule has 5 heteroatoms. The van der Waals surface area contributed by atoms with Crippen molar-refractivity contribution in [2.24, 2.45) is 0 Å². The van der Waals surface area contributed by atoms with Crippen molar-refractivity contribution >= 4 is 17.0 Å². The van der Waals surface area contributed by atoms with E-state index in [1.54, 1.807) is 18.5 Å². The van der Waals surface area contributed by atoms with Crippen molar-refractivity contribution < 1.29 is 9.90 Å². The summed E-state index contributed by atoms with van der Waals surface area (Å²) in [6.45, 7) is 3.03. The zero-order chi connectivity index (χ0) is 13.3. The van der Waals surface area contributed by atoms with Gasteiger partial charge in [-0.1, -0.05) is 0 Å². The average molecular weight is 247 g/mol. The van der Waals surface area contributed by atoms with Gasteiger partial charge in [-0.2, -0.15) is 0 Å². The van der Waals surface area contributed by atoms with Crippen LogP contribution in [-0.2, 0) is 0 Å². The number of aromatic carboxylic acids is 1. The van der Waals surface area contributed by atoms with Gasteiger partial charge in [0.05, 0.1) is 22.9 Å². The maximum Gasteiger partial charge on any atom is 0.335 e. The number of carbonyl (C=O) groups is 1. The lowest BCUT2D eigenvalue weighted by Gasteiger charge is -2.18. The average Bonchev–Trinajstić information content (AvgIpc) is 2.70. The van der Waals surface area contributed by atoms with Gasteiger partial charge >= 0.3 is 5.97 Å². The Morgan fingerprint density at radius 3 is 2.83 bits per heavy atom. The molecule has 0 aliphatic rings. The van der Waals surface area contributed by atoms with Gasteiger partial charge in [0.1, 0.15) is 0 Å². The van der Waals surface area contributed by atoms with Gasteiger partial charge in [0.2, 0.25) is 0 Å². The highest BCUT2D eigenvalue weighted by Gasteiger charge is 2.12. The number of carboxylic acid groups (broad SMARTS) is 1. The van der Waals surface area contributed by atoms with Gasteiger partial charge in [0.15, 0.2) is 0 Å². The van der Waals surface area contributed by atoms with E-state index in [0.717, 1.165) is 17.6 Å².